The van der Waals surface area contributed by atoms with E-state index in [4.69, 9.17) is 10.8 Å². The fourth-order valence-corrected chi connectivity index (χ4v) is 1.68. The van der Waals surface area contributed by atoms with Crippen LogP contribution < -0.4 is 5.73 Å². The largest absolute Gasteiger partial charge is 0.478 e. The highest BCUT2D eigenvalue weighted by Gasteiger charge is 1.98. The second-order valence-electron chi connectivity index (χ2n) is 3.36. The fourth-order valence-electron chi connectivity index (χ4n) is 1.06. The summed E-state index contributed by atoms with van der Waals surface area (Å²) in [6.07, 6.45) is 0. The van der Waals surface area contributed by atoms with Crippen LogP contribution in [0, 0.1) is 3.57 Å². The van der Waals surface area contributed by atoms with E-state index in [0.29, 0.717) is 5.56 Å². The van der Waals surface area contributed by atoms with Crippen LogP contribution in [0.3, 0.4) is 0 Å². The summed E-state index contributed by atoms with van der Waals surface area (Å²) in [6, 6.07) is 14.2. The molecule has 18 heavy (non-hydrogen) atoms. The summed E-state index contributed by atoms with van der Waals surface area (Å²) in [4.78, 5) is 10.3. The molecule has 0 atom stereocenters. The van der Waals surface area contributed by atoms with Crippen molar-refractivity contribution < 1.29 is 9.90 Å². The second kappa shape index (κ2) is 7.38. The van der Waals surface area contributed by atoms with Gasteiger partial charge in [0.25, 0.3) is 0 Å². The van der Waals surface area contributed by atoms with Crippen LogP contribution in [0.4, 0.5) is 5.69 Å². The molecule has 0 fully saturated rings. The Morgan fingerprint density at radius 3 is 1.94 bits per heavy atom. The van der Waals surface area contributed by atoms with E-state index in [-0.39, 0.29) is 0 Å². The number of anilines is 1. The van der Waals surface area contributed by atoms with E-state index < -0.39 is 5.97 Å². The lowest BCUT2D eigenvalue weighted by molar-refractivity contribution is 0.0697. The lowest BCUT2D eigenvalue weighted by Crippen LogP contribution is -1.94. The molecule has 0 bridgehead atoms. The van der Waals surface area contributed by atoms with E-state index in [1.54, 1.807) is 24.3 Å². The zero-order chi connectivity index (χ0) is 13.5. The van der Waals surface area contributed by atoms with Crippen LogP contribution >= 0.6 is 38.5 Å². The van der Waals surface area contributed by atoms with Crippen LogP contribution in [0.2, 0.25) is 0 Å². The molecule has 2 aromatic rings. The topological polar surface area (TPSA) is 63.3 Å². The van der Waals surface area contributed by atoms with Crippen LogP contribution in [0.5, 0.6) is 0 Å². The van der Waals surface area contributed by atoms with Gasteiger partial charge < -0.3 is 10.8 Å². The Morgan fingerprint density at radius 1 is 1.06 bits per heavy atom. The van der Waals surface area contributed by atoms with Gasteiger partial charge in [0.15, 0.2) is 0 Å². The van der Waals surface area contributed by atoms with Crippen molar-refractivity contribution in [2.75, 3.05) is 5.73 Å². The van der Waals surface area contributed by atoms with Gasteiger partial charge in [-0.3, -0.25) is 0 Å². The maximum atomic E-state index is 10.3. The Labute approximate surface area is 127 Å². The molecule has 0 saturated carbocycles. The molecule has 0 saturated heterocycles. The number of benzene rings is 2. The molecule has 2 rings (SSSR count). The Balaban J connectivity index is 0.000000184. The Hall–Kier alpha value is -1.08. The maximum absolute atomic E-state index is 10.3. The summed E-state index contributed by atoms with van der Waals surface area (Å²) in [5, 5.41) is 8.47. The lowest BCUT2D eigenvalue weighted by atomic mass is 10.2. The van der Waals surface area contributed by atoms with Gasteiger partial charge in [-0.15, -0.1) is 0 Å². The Morgan fingerprint density at radius 2 is 1.56 bits per heavy atom. The molecule has 3 N–H and O–H groups in total. The van der Waals surface area contributed by atoms with E-state index >= 15 is 0 Å². The summed E-state index contributed by atoms with van der Waals surface area (Å²) < 4.78 is 2.11. The third-order valence-corrected chi connectivity index (χ3v) is 3.21. The minimum atomic E-state index is -0.878. The molecule has 0 aromatic heterocycles. The number of hydrogen-bond acceptors (Lipinski definition) is 2. The minimum absolute atomic E-state index is 0.334. The zero-order valence-electron chi connectivity index (χ0n) is 9.31. The number of aromatic carboxylic acids is 1. The summed E-state index contributed by atoms with van der Waals surface area (Å²) >= 11 is 5.42. The summed E-state index contributed by atoms with van der Waals surface area (Å²) in [5.41, 5.74) is 6.54. The van der Waals surface area contributed by atoms with Crippen LogP contribution in [-0.4, -0.2) is 11.1 Å². The maximum Gasteiger partial charge on any atom is 0.335 e. The molecule has 0 radical (unpaired) electrons. The minimum Gasteiger partial charge on any atom is -0.478 e. The van der Waals surface area contributed by atoms with Crippen molar-refractivity contribution >= 4 is 50.2 Å². The van der Waals surface area contributed by atoms with Crippen molar-refractivity contribution in [2.45, 2.75) is 0 Å². The smallest absolute Gasteiger partial charge is 0.335 e. The summed E-state index contributed by atoms with van der Waals surface area (Å²) in [5.74, 6) is -0.878. The molecular weight excluding hydrogens is 409 g/mol. The highest BCUT2D eigenvalue weighted by Crippen LogP contribution is 2.10. The Bertz CT molecular complexity index is 491. The number of carboxylic acids is 1. The van der Waals surface area contributed by atoms with Crippen LogP contribution in [0.1, 0.15) is 10.4 Å². The molecule has 3 nitrogen and oxygen atoms in total. The molecular formula is C13H11BrINO2. The predicted octanol–water partition coefficient (Wildman–Crippen LogP) is 4.02. The van der Waals surface area contributed by atoms with Crippen molar-refractivity contribution in [3.8, 4) is 0 Å². The number of rotatable bonds is 1. The molecule has 0 spiro atoms. The predicted molar refractivity (Wildman–Crippen MR) is 84.7 cm³/mol. The van der Waals surface area contributed by atoms with E-state index in [0.717, 1.165) is 13.7 Å². The average molecular weight is 420 g/mol. The quantitative estimate of drug-likeness (QED) is 0.542. The van der Waals surface area contributed by atoms with E-state index in [2.05, 4.69) is 38.5 Å². The first kappa shape index (κ1) is 15.0. The normalized spacial score (nSPS) is 9.22. The molecule has 0 aliphatic rings. The van der Waals surface area contributed by atoms with Gasteiger partial charge in [-0.05, 0) is 71.1 Å². The highest BCUT2D eigenvalue weighted by atomic mass is 127. The molecule has 0 heterocycles. The molecule has 0 amide bonds. The van der Waals surface area contributed by atoms with Crippen LogP contribution in [0.25, 0.3) is 0 Å². The van der Waals surface area contributed by atoms with Gasteiger partial charge in [0.1, 0.15) is 0 Å². The van der Waals surface area contributed by atoms with Gasteiger partial charge in [-0.25, -0.2) is 4.79 Å². The van der Waals surface area contributed by atoms with Gasteiger partial charge in [0.05, 0.1) is 5.56 Å². The molecule has 94 valence electrons. The van der Waals surface area contributed by atoms with Gasteiger partial charge in [-0.2, -0.15) is 0 Å². The first-order valence-corrected chi connectivity index (χ1v) is 6.86. The number of carboxylic acid groups (broad SMARTS) is 1. The van der Waals surface area contributed by atoms with E-state index in [1.165, 1.54) is 0 Å². The average Bonchev–Trinajstić information content (AvgIpc) is 2.34. The van der Waals surface area contributed by atoms with E-state index in [1.807, 2.05) is 24.3 Å². The molecule has 0 aliphatic heterocycles. The van der Waals surface area contributed by atoms with Crippen LogP contribution in [-0.2, 0) is 0 Å². The van der Waals surface area contributed by atoms with Gasteiger partial charge in [-0.1, -0.05) is 15.9 Å². The number of nitrogens with two attached hydrogens (primary N) is 1. The number of hydrogen-bond donors (Lipinski definition) is 2. The van der Waals surface area contributed by atoms with Crippen molar-refractivity contribution in [3.05, 3.63) is 62.1 Å². The first-order valence-electron chi connectivity index (χ1n) is 4.99. The number of halogens is 2. The molecule has 2 aromatic carbocycles. The van der Waals surface area contributed by atoms with Crippen LogP contribution in [0.15, 0.2) is 53.0 Å². The molecule has 0 unspecified atom stereocenters. The number of nitrogen functional groups attached to an aromatic ring is 1. The van der Waals surface area contributed by atoms with Gasteiger partial charge in [0.2, 0.25) is 0 Å². The SMILES string of the molecule is Nc1ccc(Br)cc1.O=C(O)c1ccc(I)cc1. The lowest BCUT2D eigenvalue weighted by Gasteiger charge is -1.91. The third kappa shape index (κ3) is 5.50. The second-order valence-corrected chi connectivity index (χ2v) is 5.52. The van der Waals surface area contributed by atoms with Crippen molar-refractivity contribution in [1.29, 1.82) is 0 Å². The zero-order valence-corrected chi connectivity index (χ0v) is 13.1. The monoisotopic (exact) mass is 419 g/mol. The molecule has 0 aliphatic carbocycles. The van der Waals surface area contributed by atoms with Gasteiger partial charge >= 0.3 is 5.97 Å². The van der Waals surface area contributed by atoms with Crippen molar-refractivity contribution in [1.82, 2.24) is 0 Å². The summed E-state index contributed by atoms with van der Waals surface area (Å²) in [7, 11) is 0. The highest BCUT2D eigenvalue weighted by molar-refractivity contribution is 14.1. The first-order chi connectivity index (χ1) is 8.49. The fraction of sp³-hybridized carbons (Fsp3) is 0. The van der Waals surface area contributed by atoms with Crippen molar-refractivity contribution in [3.63, 3.8) is 0 Å². The Kier molecular flexibility index (Phi) is 6.14. The summed E-state index contributed by atoms with van der Waals surface area (Å²) in [6.45, 7) is 0. The molecule has 5 heteroatoms. The van der Waals surface area contributed by atoms with E-state index in [9.17, 15) is 4.79 Å². The number of carbonyl (C=O) groups is 1. The van der Waals surface area contributed by atoms with Gasteiger partial charge in [0, 0.05) is 13.7 Å². The standard InChI is InChI=1S/C7H5IO2.C6H6BrN/c8-6-3-1-5(2-4-6)7(9)10;7-5-1-3-6(8)4-2-5/h1-4H,(H,9,10);1-4H,8H2. The van der Waals surface area contributed by atoms with Crippen molar-refractivity contribution in [2.24, 2.45) is 0 Å². The third-order valence-electron chi connectivity index (χ3n) is 1.96.